The van der Waals surface area contributed by atoms with Crippen LogP contribution in [-0.4, -0.2) is 30.6 Å². The van der Waals surface area contributed by atoms with Crippen LogP contribution in [0.15, 0.2) is 23.3 Å². The minimum Gasteiger partial charge on any atom is -0.356 e. The normalized spacial score (nSPS) is 13.2. The predicted molar refractivity (Wildman–Crippen MR) is 111 cm³/mol. The first-order valence-electron chi connectivity index (χ1n) is 7.88. The molecule has 0 radical (unpaired) electrons. The van der Waals surface area contributed by atoms with Crippen molar-refractivity contribution in [2.75, 3.05) is 13.6 Å². The van der Waals surface area contributed by atoms with Gasteiger partial charge in [-0.05, 0) is 43.2 Å². The van der Waals surface area contributed by atoms with Gasteiger partial charge in [-0.15, -0.1) is 24.0 Å². The summed E-state index contributed by atoms with van der Waals surface area (Å²) in [6.07, 6.45) is 5.02. The molecule has 4 nitrogen and oxygen atoms in total. The van der Waals surface area contributed by atoms with Gasteiger partial charge in [0, 0.05) is 25.8 Å². The number of hydrogen-bond acceptors (Lipinski definition) is 2. The maximum Gasteiger partial charge on any atom is 0.191 e. The van der Waals surface area contributed by atoms with Gasteiger partial charge < -0.3 is 10.6 Å². The highest BCUT2D eigenvalue weighted by atomic mass is 127. The van der Waals surface area contributed by atoms with Crippen LogP contribution in [-0.2, 0) is 6.42 Å². The number of pyridine rings is 1. The third-order valence-corrected chi connectivity index (χ3v) is 3.65. The molecule has 23 heavy (non-hydrogen) atoms. The number of hydrogen-bond donors (Lipinski definition) is 2. The van der Waals surface area contributed by atoms with Crippen LogP contribution in [0.4, 0.5) is 0 Å². The zero-order valence-corrected chi connectivity index (χ0v) is 17.9. The first-order valence-corrected chi connectivity index (χ1v) is 8.25. The summed E-state index contributed by atoms with van der Waals surface area (Å²) in [7, 11) is 1.80. The Morgan fingerprint density at radius 1 is 1.35 bits per heavy atom. The van der Waals surface area contributed by atoms with Crippen LogP contribution in [0.1, 0.15) is 46.1 Å². The van der Waals surface area contributed by atoms with Crippen LogP contribution in [0.5, 0.6) is 0 Å². The van der Waals surface area contributed by atoms with Crippen molar-refractivity contribution in [2.45, 2.75) is 53.0 Å². The summed E-state index contributed by atoms with van der Waals surface area (Å²) < 4.78 is 0. The minimum absolute atomic E-state index is 0. The van der Waals surface area contributed by atoms with Gasteiger partial charge in [0.05, 0.1) is 0 Å². The Kier molecular flexibility index (Phi) is 10.8. The standard InChI is InChI=1S/C17H29ClN4.HI/c1-13(8-10-17(2,3)4)22-16(19-5)20-11-9-14-6-7-15(18)21-12-14;/h6-7,12-13H,8-11H2,1-5H3,(H2,19,20,22);1H. The van der Waals surface area contributed by atoms with Crippen molar-refractivity contribution in [2.24, 2.45) is 10.4 Å². The van der Waals surface area contributed by atoms with Crippen molar-refractivity contribution in [1.29, 1.82) is 0 Å². The molecule has 132 valence electrons. The van der Waals surface area contributed by atoms with Gasteiger partial charge in [0.2, 0.25) is 0 Å². The lowest BCUT2D eigenvalue weighted by atomic mass is 9.89. The monoisotopic (exact) mass is 452 g/mol. The van der Waals surface area contributed by atoms with Gasteiger partial charge in [-0.2, -0.15) is 0 Å². The molecule has 1 aromatic rings. The molecule has 0 saturated carbocycles. The van der Waals surface area contributed by atoms with Crippen molar-refractivity contribution >= 4 is 41.5 Å². The van der Waals surface area contributed by atoms with Crippen molar-refractivity contribution in [3.8, 4) is 0 Å². The fourth-order valence-electron chi connectivity index (χ4n) is 2.03. The highest BCUT2D eigenvalue weighted by Gasteiger charge is 2.13. The molecule has 0 aliphatic rings. The average Bonchev–Trinajstić information content (AvgIpc) is 2.45. The molecule has 0 fully saturated rings. The number of nitrogens with zero attached hydrogens (tertiary/aromatic N) is 2. The quantitative estimate of drug-likeness (QED) is 0.293. The molecule has 1 heterocycles. The van der Waals surface area contributed by atoms with Crippen molar-refractivity contribution in [3.05, 3.63) is 29.0 Å². The minimum atomic E-state index is 0. The Morgan fingerprint density at radius 3 is 2.57 bits per heavy atom. The first kappa shape index (κ1) is 22.4. The molecule has 6 heteroatoms. The molecule has 0 spiro atoms. The highest BCUT2D eigenvalue weighted by Crippen LogP contribution is 2.21. The average molecular weight is 453 g/mol. The van der Waals surface area contributed by atoms with Crippen molar-refractivity contribution < 1.29 is 0 Å². The Hall–Kier alpha value is -0.560. The Morgan fingerprint density at radius 2 is 2.04 bits per heavy atom. The van der Waals surface area contributed by atoms with E-state index < -0.39 is 0 Å². The van der Waals surface area contributed by atoms with E-state index in [9.17, 15) is 0 Å². The molecule has 1 aromatic heterocycles. The number of nitrogens with one attached hydrogen (secondary N) is 2. The van der Waals surface area contributed by atoms with Gasteiger partial charge in [-0.3, -0.25) is 4.99 Å². The summed E-state index contributed by atoms with van der Waals surface area (Å²) in [6, 6.07) is 4.22. The van der Waals surface area contributed by atoms with Gasteiger partial charge in [-0.25, -0.2) is 4.98 Å². The van der Waals surface area contributed by atoms with Gasteiger partial charge in [0.15, 0.2) is 5.96 Å². The summed E-state index contributed by atoms with van der Waals surface area (Å²) in [5.41, 5.74) is 1.53. The van der Waals surface area contributed by atoms with Crippen LogP contribution in [0.3, 0.4) is 0 Å². The van der Waals surface area contributed by atoms with Crippen LogP contribution in [0.2, 0.25) is 5.15 Å². The van der Waals surface area contributed by atoms with E-state index in [2.05, 4.69) is 48.3 Å². The number of guanidine groups is 1. The number of aliphatic imine (C=N–C) groups is 1. The molecule has 0 amide bonds. The highest BCUT2D eigenvalue weighted by molar-refractivity contribution is 14.0. The lowest BCUT2D eigenvalue weighted by Crippen LogP contribution is -2.43. The Bertz CT molecular complexity index is 468. The smallest absolute Gasteiger partial charge is 0.191 e. The Balaban J connectivity index is 0.00000484. The fraction of sp³-hybridized carbons (Fsp3) is 0.647. The van der Waals surface area contributed by atoms with E-state index in [-0.39, 0.29) is 24.0 Å². The van der Waals surface area contributed by atoms with E-state index in [1.54, 1.807) is 7.05 Å². The summed E-state index contributed by atoms with van der Waals surface area (Å²) in [5, 5.41) is 7.30. The second-order valence-electron chi connectivity index (χ2n) is 6.88. The van der Waals surface area contributed by atoms with E-state index >= 15 is 0 Å². The summed E-state index contributed by atoms with van der Waals surface area (Å²) >= 11 is 5.78. The molecule has 0 aromatic carbocycles. The SMILES string of the molecule is CN=C(NCCc1ccc(Cl)nc1)NC(C)CCC(C)(C)C.I. The molecule has 1 rings (SSSR count). The molecule has 1 atom stereocenters. The lowest BCUT2D eigenvalue weighted by molar-refractivity contribution is 0.346. The van der Waals surface area contributed by atoms with Crippen molar-refractivity contribution in [3.63, 3.8) is 0 Å². The van der Waals surface area contributed by atoms with Gasteiger partial charge in [0.25, 0.3) is 0 Å². The first-order chi connectivity index (χ1) is 10.3. The van der Waals surface area contributed by atoms with Crippen LogP contribution < -0.4 is 10.6 Å². The molecule has 0 aliphatic heterocycles. The Labute approximate surface area is 162 Å². The summed E-state index contributed by atoms with van der Waals surface area (Å²) in [4.78, 5) is 8.36. The second kappa shape index (κ2) is 11.1. The van der Waals surface area contributed by atoms with Crippen LogP contribution >= 0.6 is 35.6 Å². The van der Waals surface area contributed by atoms with Crippen LogP contribution in [0, 0.1) is 5.41 Å². The number of aromatic nitrogens is 1. The third-order valence-electron chi connectivity index (χ3n) is 3.43. The maximum absolute atomic E-state index is 5.78. The zero-order valence-electron chi connectivity index (χ0n) is 14.8. The fourth-order valence-corrected chi connectivity index (χ4v) is 2.14. The van der Waals surface area contributed by atoms with E-state index in [1.807, 2.05) is 18.3 Å². The van der Waals surface area contributed by atoms with E-state index in [4.69, 9.17) is 11.6 Å². The van der Waals surface area contributed by atoms with E-state index in [1.165, 1.54) is 6.42 Å². The molecule has 2 N–H and O–H groups in total. The third kappa shape index (κ3) is 10.8. The molecule has 1 unspecified atom stereocenters. The number of rotatable bonds is 6. The summed E-state index contributed by atoms with van der Waals surface area (Å²) in [6.45, 7) is 9.82. The number of halogens is 2. The second-order valence-corrected chi connectivity index (χ2v) is 7.27. The van der Waals surface area contributed by atoms with Gasteiger partial charge in [-0.1, -0.05) is 38.4 Å². The van der Waals surface area contributed by atoms with E-state index in [0.717, 1.165) is 30.9 Å². The van der Waals surface area contributed by atoms with E-state index in [0.29, 0.717) is 16.6 Å². The van der Waals surface area contributed by atoms with Crippen molar-refractivity contribution in [1.82, 2.24) is 15.6 Å². The summed E-state index contributed by atoms with van der Waals surface area (Å²) in [5.74, 6) is 0.850. The van der Waals surface area contributed by atoms with Crippen LogP contribution in [0.25, 0.3) is 0 Å². The molecular weight excluding hydrogens is 423 g/mol. The molecular formula is C17H30ClIN4. The molecule has 0 bridgehead atoms. The predicted octanol–water partition coefficient (Wildman–Crippen LogP) is 4.28. The molecule has 0 saturated heterocycles. The lowest BCUT2D eigenvalue weighted by Gasteiger charge is -2.23. The topological polar surface area (TPSA) is 49.3 Å². The zero-order chi connectivity index (χ0) is 16.6. The maximum atomic E-state index is 5.78. The van der Waals surface area contributed by atoms with Gasteiger partial charge in [0.1, 0.15) is 5.15 Å². The molecule has 0 aliphatic carbocycles. The van der Waals surface area contributed by atoms with Gasteiger partial charge >= 0.3 is 0 Å². The largest absolute Gasteiger partial charge is 0.356 e.